The SMILES string of the molecule is CSc1ccccc1NC(=O)C(C)OC(=O)C1CCCC1. The van der Waals surface area contributed by atoms with Crippen molar-refractivity contribution in [3.05, 3.63) is 24.3 Å². The number of carbonyl (C=O) groups is 2. The lowest BCUT2D eigenvalue weighted by molar-refractivity contribution is -0.157. The molecule has 114 valence electrons. The summed E-state index contributed by atoms with van der Waals surface area (Å²) in [5, 5.41) is 2.82. The van der Waals surface area contributed by atoms with Crippen molar-refractivity contribution < 1.29 is 14.3 Å². The molecule has 1 aliphatic rings. The van der Waals surface area contributed by atoms with Gasteiger partial charge in [0.1, 0.15) is 0 Å². The number of thioether (sulfide) groups is 1. The van der Waals surface area contributed by atoms with Crippen LogP contribution in [0.5, 0.6) is 0 Å². The maximum atomic E-state index is 12.1. The van der Waals surface area contributed by atoms with Crippen LogP contribution >= 0.6 is 11.8 Å². The minimum Gasteiger partial charge on any atom is -0.452 e. The van der Waals surface area contributed by atoms with Crippen LogP contribution in [0.4, 0.5) is 5.69 Å². The van der Waals surface area contributed by atoms with Crippen molar-refractivity contribution in [1.82, 2.24) is 0 Å². The van der Waals surface area contributed by atoms with Crippen LogP contribution in [-0.4, -0.2) is 24.2 Å². The molecule has 0 aromatic heterocycles. The number of benzene rings is 1. The number of hydrogen-bond donors (Lipinski definition) is 1. The lowest BCUT2D eigenvalue weighted by Crippen LogP contribution is -2.32. The van der Waals surface area contributed by atoms with Crippen LogP contribution < -0.4 is 5.32 Å². The normalized spacial score (nSPS) is 16.5. The van der Waals surface area contributed by atoms with Crippen LogP contribution in [0.15, 0.2) is 29.2 Å². The van der Waals surface area contributed by atoms with Gasteiger partial charge in [0.15, 0.2) is 6.10 Å². The van der Waals surface area contributed by atoms with E-state index in [2.05, 4.69) is 5.32 Å². The third kappa shape index (κ3) is 4.24. The Kier molecular flexibility index (Phi) is 5.67. The molecular weight excluding hydrogens is 286 g/mol. The van der Waals surface area contributed by atoms with Crippen LogP contribution in [0.3, 0.4) is 0 Å². The number of esters is 1. The van der Waals surface area contributed by atoms with Gasteiger partial charge in [0.2, 0.25) is 0 Å². The molecule has 1 amide bonds. The van der Waals surface area contributed by atoms with Gasteiger partial charge in [0, 0.05) is 4.90 Å². The summed E-state index contributed by atoms with van der Waals surface area (Å²) >= 11 is 1.56. The molecule has 1 saturated carbocycles. The predicted octanol–water partition coefficient (Wildman–Crippen LogP) is 3.47. The summed E-state index contributed by atoms with van der Waals surface area (Å²) < 4.78 is 5.28. The molecule has 21 heavy (non-hydrogen) atoms. The Balaban J connectivity index is 1.91. The van der Waals surface area contributed by atoms with Crippen LogP contribution in [-0.2, 0) is 14.3 Å². The van der Waals surface area contributed by atoms with E-state index in [-0.39, 0.29) is 17.8 Å². The first-order valence-corrected chi connectivity index (χ1v) is 8.48. The van der Waals surface area contributed by atoms with Gasteiger partial charge in [-0.05, 0) is 38.2 Å². The van der Waals surface area contributed by atoms with Gasteiger partial charge >= 0.3 is 5.97 Å². The summed E-state index contributed by atoms with van der Waals surface area (Å²) in [6.45, 7) is 1.61. The minimum absolute atomic E-state index is 0.0290. The van der Waals surface area contributed by atoms with Gasteiger partial charge in [-0.1, -0.05) is 25.0 Å². The summed E-state index contributed by atoms with van der Waals surface area (Å²) in [5.41, 5.74) is 0.749. The zero-order valence-electron chi connectivity index (χ0n) is 12.4. The largest absolute Gasteiger partial charge is 0.452 e. The van der Waals surface area contributed by atoms with Gasteiger partial charge in [0.25, 0.3) is 5.91 Å². The van der Waals surface area contributed by atoms with E-state index in [9.17, 15) is 9.59 Å². The number of para-hydroxylation sites is 1. The highest BCUT2D eigenvalue weighted by molar-refractivity contribution is 7.98. The van der Waals surface area contributed by atoms with E-state index < -0.39 is 6.10 Å². The second-order valence-corrected chi connectivity index (χ2v) is 6.10. The molecule has 0 saturated heterocycles. The predicted molar refractivity (Wildman–Crippen MR) is 84.4 cm³/mol. The first kappa shape index (κ1) is 15.9. The van der Waals surface area contributed by atoms with Crippen molar-refractivity contribution in [2.75, 3.05) is 11.6 Å². The molecular formula is C16H21NO3S. The van der Waals surface area contributed by atoms with Crippen molar-refractivity contribution in [3.63, 3.8) is 0 Å². The van der Waals surface area contributed by atoms with Gasteiger partial charge < -0.3 is 10.1 Å². The van der Waals surface area contributed by atoms with Crippen molar-refractivity contribution in [1.29, 1.82) is 0 Å². The monoisotopic (exact) mass is 307 g/mol. The zero-order valence-corrected chi connectivity index (χ0v) is 13.2. The van der Waals surface area contributed by atoms with Crippen molar-refractivity contribution in [2.24, 2.45) is 5.92 Å². The van der Waals surface area contributed by atoms with E-state index >= 15 is 0 Å². The molecule has 1 unspecified atom stereocenters. The lowest BCUT2D eigenvalue weighted by atomic mass is 10.1. The summed E-state index contributed by atoms with van der Waals surface area (Å²) in [7, 11) is 0. The second-order valence-electron chi connectivity index (χ2n) is 5.25. The maximum absolute atomic E-state index is 12.1. The Morgan fingerprint density at radius 2 is 1.95 bits per heavy atom. The highest BCUT2D eigenvalue weighted by Gasteiger charge is 2.27. The third-order valence-electron chi connectivity index (χ3n) is 3.72. The van der Waals surface area contributed by atoms with Crippen molar-refractivity contribution in [2.45, 2.75) is 43.6 Å². The van der Waals surface area contributed by atoms with Gasteiger partial charge in [-0.25, -0.2) is 0 Å². The molecule has 0 heterocycles. The molecule has 0 spiro atoms. The molecule has 2 rings (SSSR count). The van der Waals surface area contributed by atoms with E-state index in [1.807, 2.05) is 30.5 Å². The quantitative estimate of drug-likeness (QED) is 0.668. The van der Waals surface area contributed by atoms with Crippen LogP contribution in [0.1, 0.15) is 32.6 Å². The third-order valence-corrected chi connectivity index (χ3v) is 4.51. The smallest absolute Gasteiger partial charge is 0.309 e. The average Bonchev–Trinajstić information content (AvgIpc) is 3.02. The molecule has 1 N–H and O–H groups in total. The highest BCUT2D eigenvalue weighted by Crippen LogP contribution is 2.27. The standard InChI is InChI=1S/C16H21NO3S/c1-11(20-16(19)12-7-3-4-8-12)15(18)17-13-9-5-6-10-14(13)21-2/h5-6,9-12H,3-4,7-8H2,1-2H3,(H,17,18). The highest BCUT2D eigenvalue weighted by atomic mass is 32.2. The number of anilines is 1. The van der Waals surface area contributed by atoms with E-state index in [1.54, 1.807) is 18.7 Å². The summed E-state index contributed by atoms with van der Waals surface area (Å²) in [6, 6.07) is 7.57. The molecule has 1 aromatic carbocycles. The van der Waals surface area contributed by atoms with Crippen LogP contribution in [0.2, 0.25) is 0 Å². The van der Waals surface area contributed by atoms with E-state index in [4.69, 9.17) is 4.74 Å². The molecule has 4 nitrogen and oxygen atoms in total. The molecule has 0 radical (unpaired) electrons. The first-order valence-electron chi connectivity index (χ1n) is 7.26. The number of hydrogen-bond acceptors (Lipinski definition) is 4. The Labute approximate surface area is 129 Å². The fourth-order valence-corrected chi connectivity index (χ4v) is 3.02. The Hall–Kier alpha value is -1.49. The lowest BCUT2D eigenvalue weighted by Gasteiger charge is -2.17. The minimum atomic E-state index is -0.770. The topological polar surface area (TPSA) is 55.4 Å². The summed E-state index contributed by atoms with van der Waals surface area (Å²) in [5.74, 6) is -0.560. The number of carbonyl (C=O) groups excluding carboxylic acids is 2. The van der Waals surface area contributed by atoms with Gasteiger partial charge in [-0.15, -0.1) is 11.8 Å². The zero-order chi connectivity index (χ0) is 15.2. The van der Waals surface area contributed by atoms with Crippen molar-refractivity contribution >= 4 is 29.3 Å². The fourth-order valence-electron chi connectivity index (χ4n) is 2.47. The molecule has 1 aromatic rings. The molecule has 0 bridgehead atoms. The van der Waals surface area contributed by atoms with E-state index in [0.29, 0.717) is 0 Å². The van der Waals surface area contributed by atoms with E-state index in [1.165, 1.54) is 0 Å². The second kappa shape index (κ2) is 7.50. The Morgan fingerprint density at radius 3 is 2.62 bits per heavy atom. The van der Waals surface area contributed by atoms with Crippen LogP contribution in [0.25, 0.3) is 0 Å². The van der Waals surface area contributed by atoms with E-state index in [0.717, 1.165) is 36.3 Å². The molecule has 1 atom stereocenters. The summed E-state index contributed by atoms with van der Waals surface area (Å²) in [6.07, 6.45) is 5.08. The van der Waals surface area contributed by atoms with Gasteiger partial charge in [-0.3, -0.25) is 9.59 Å². The maximum Gasteiger partial charge on any atom is 0.309 e. The van der Waals surface area contributed by atoms with Crippen LogP contribution in [0, 0.1) is 5.92 Å². The average molecular weight is 307 g/mol. The molecule has 5 heteroatoms. The Bertz CT molecular complexity index is 512. The van der Waals surface area contributed by atoms with Crippen molar-refractivity contribution in [3.8, 4) is 0 Å². The number of nitrogens with one attached hydrogen (secondary N) is 1. The van der Waals surface area contributed by atoms with Gasteiger partial charge in [0.05, 0.1) is 11.6 Å². The summed E-state index contributed by atoms with van der Waals surface area (Å²) in [4.78, 5) is 25.0. The number of rotatable bonds is 5. The number of ether oxygens (including phenoxy) is 1. The Morgan fingerprint density at radius 1 is 1.29 bits per heavy atom. The molecule has 1 fully saturated rings. The first-order chi connectivity index (χ1) is 10.1. The van der Waals surface area contributed by atoms with Gasteiger partial charge in [-0.2, -0.15) is 0 Å². The molecule has 0 aliphatic heterocycles. The number of amides is 1. The molecule has 1 aliphatic carbocycles. The fraction of sp³-hybridized carbons (Fsp3) is 0.500.